The highest BCUT2D eigenvalue weighted by atomic mass is 16.3. The van der Waals surface area contributed by atoms with Crippen LogP contribution in [-0.2, 0) is 6.42 Å². The largest absolute Gasteiger partial charge is 0.394 e. The molecule has 1 rings (SSSR count). The van der Waals surface area contributed by atoms with Gasteiger partial charge in [-0.2, -0.15) is 0 Å². The van der Waals surface area contributed by atoms with E-state index >= 15 is 0 Å². The molecule has 0 amide bonds. The first-order valence-electron chi connectivity index (χ1n) is 5.28. The smallest absolute Gasteiger partial charge is 0.0895 e. The van der Waals surface area contributed by atoms with Crippen molar-refractivity contribution in [3.63, 3.8) is 0 Å². The van der Waals surface area contributed by atoms with Crippen LogP contribution in [0.1, 0.15) is 12.5 Å². The maximum Gasteiger partial charge on any atom is 0.0895 e. The van der Waals surface area contributed by atoms with Crippen molar-refractivity contribution in [3.05, 3.63) is 35.9 Å². The maximum absolute atomic E-state index is 9.16. The molecule has 0 fully saturated rings. The number of nitrogens with one attached hydrogen (secondary N) is 1. The average molecular weight is 209 g/mol. The molecule has 0 saturated heterocycles. The van der Waals surface area contributed by atoms with Crippen molar-refractivity contribution in [2.75, 3.05) is 13.2 Å². The van der Waals surface area contributed by atoms with Gasteiger partial charge < -0.3 is 15.5 Å². The number of benzene rings is 1. The van der Waals surface area contributed by atoms with Crippen LogP contribution < -0.4 is 5.32 Å². The number of aliphatic hydroxyl groups is 2. The monoisotopic (exact) mass is 209 g/mol. The van der Waals surface area contributed by atoms with Gasteiger partial charge in [0.2, 0.25) is 0 Å². The number of rotatable bonds is 6. The molecule has 0 aromatic heterocycles. The van der Waals surface area contributed by atoms with Gasteiger partial charge in [0.15, 0.2) is 0 Å². The Balaban J connectivity index is 2.27. The Morgan fingerprint density at radius 2 is 1.93 bits per heavy atom. The summed E-state index contributed by atoms with van der Waals surface area (Å²) in [6, 6.07) is 10.5. The first-order valence-corrected chi connectivity index (χ1v) is 5.28. The molecule has 0 aliphatic rings. The van der Waals surface area contributed by atoms with Gasteiger partial charge in [0.25, 0.3) is 0 Å². The zero-order valence-electron chi connectivity index (χ0n) is 9.06. The Morgan fingerprint density at radius 1 is 1.27 bits per heavy atom. The summed E-state index contributed by atoms with van der Waals surface area (Å²) in [6.07, 6.45) is 0.266. The highest BCUT2D eigenvalue weighted by Gasteiger charge is 2.06. The molecule has 1 aromatic rings. The third-order valence-electron chi connectivity index (χ3n) is 2.30. The molecule has 0 radical (unpaired) electrons. The second kappa shape index (κ2) is 6.56. The molecule has 0 saturated carbocycles. The van der Waals surface area contributed by atoms with E-state index in [1.807, 2.05) is 18.2 Å². The minimum Gasteiger partial charge on any atom is -0.394 e. The summed E-state index contributed by atoms with van der Waals surface area (Å²) in [4.78, 5) is 0. The van der Waals surface area contributed by atoms with Crippen LogP contribution in [0.4, 0.5) is 0 Å². The van der Waals surface area contributed by atoms with Crippen molar-refractivity contribution in [1.29, 1.82) is 0 Å². The Morgan fingerprint density at radius 3 is 2.53 bits per heavy atom. The summed E-state index contributed by atoms with van der Waals surface area (Å²) < 4.78 is 0. The molecule has 3 heteroatoms. The number of aliphatic hydroxyl groups excluding tert-OH is 2. The Hall–Kier alpha value is -0.900. The first-order chi connectivity index (χ1) is 7.22. The third-order valence-corrected chi connectivity index (χ3v) is 2.30. The van der Waals surface area contributed by atoms with Crippen molar-refractivity contribution < 1.29 is 10.2 Å². The summed E-state index contributed by atoms with van der Waals surface area (Å²) in [5.74, 6) is 0. The summed E-state index contributed by atoms with van der Waals surface area (Å²) in [5, 5.41) is 21.0. The second-order valence-electron chi connectivity index (χ2n) is 3.84. The third kappa shape index (κ3) is 4.93. The minimum atomic E-state index is -0.664. The van der Waals surface area contributed by atoms with Crippen LogP contribution >= 0.6 is 0 Å². The Kier molecular flexibility index (Phi) is 5.32. The lowest BCUT2D eigenvalue weighted by Crippen LogP contribution is -2.36. The molecule has 2 atom stereocenters. The van der Waals surface area contributed by atoms with Crippen molar-refractivity contribution >= 4 is 0 Å². The molecule has 15 heavy (non-hydrogen) atoms. The van der Waals surface area contributed by atoms with E-state index in [2.05, 4.69) is 24.4 Å². The molecule has 0 heterocycles. The van der Waals surface area contributed by atoms with Gasteiger partial charge >= 0.3 is 0 Å². The minimum absolute atomic E-state index is 0.189. The summed E-state index contributed by atoms with van der Waals surface area (Å²) in [6.45, 7) is 2.31. The molecular formula is C12H19NO2. The second-order valence-corrected chi connectivity index (χ2v) is 3.84. The predicted molar refractivity (Wildman–Crippen MR) is 60.7 cm³/mol. The van der Waals surface area contributed by atoms with E-state index in [-0.39, 0.29) is 6.61 Å². The molecule has 1 aromatic carbocycles. The van der Waals surface area contributed by atoms with Crippen LogP contribution in [0, 0.1) is 0 Å². The van der Waals surface area contributed by atoms with Gasteiger partial charge in [-0.3, -0.25) is 0 Å². The van der Waals surface area contributed by atoms with Gasteiger partial charge in [0.05, 0.1) is 12.7 Å². The topological polar surface area (TPSA) is 52.5 Å². The van der Waals surface area contributed by atoms with Gasteiger partial charge in [-0.05, 0) is 18.9 Å². The Labute approximate surface area is 90.8 Å². The molecule has 3 nitrogen and oxygen atoms in total. The summed E-state index contributed by atoms with van der Waals surface area (Å²) in [7, 11) is 0. The van der Waals surface area contributed by atoms with Crippen LogP contribution in [-0.4, -0.2) is 35.5 Å². The van der Waals surface area contributed by atoms with Crippen LogP contribution in [0.15, 0.2) is 30.3 Å². The SMILES string of the molecule is C[C@@H](Cc1ccccc1)NC[C@@H](O)CO. The van der Waals surface area contributed by atoms with E-state index in [1.54, 1.807) is 0 Å². The van der Waals surface area contributed by atoms with E-state index < -0.39 is 6.10 Å². The van der Waals surface area contributed by atoms with Gasteiger partial charge in [-0.15, -0.1) is 0 Å². The molecule has 0 unspecified atom stereocenters. The molecule has 3 N–H and O–H groups in total. The highest BCUT2D eigenvalue weighted by molar-refractivity contribution is 5.15. The zero-order chi connectivity index (χ0) is 11.1. The number of hydrogen-bond acceptors (Lipinski definition) is 3. The van der Waals surface area contributed by atoms with Crippen molar-refractivity contribution in [3.8, 4) is 0 Å². The molecule has 0 aliphatic carbocycles. The van der Waals surface area contributed by atoms with E-state index in [4.69, 9.17) is 10.2 Å². The van der Waals surface area contributed by atoms with E-state index in [0.29, 0.717) is 12.6 Å². The summed E-state index contributed by atoms with van der Waals surface area (Å²) >= 11 is 0. The summed E-state index contributed by atoms with van der Waals surface area (Å²) in [5.41, 5.74) is 1.27. The quantitative estimate of drug-likeness (QED) is 0.641. The lowest BCUT2D eigenvalue weighted by Gasteiger charge is -2.15. The maximum atomic E-state index is 9.16. The Bertz CT molecular complexity index is 264. The predicted octanol–water partition coefficient (Wildman–Crippen LogP) is 0.560. The van der Waals surface area contributed by atoms with Gasteiger partial charge in [0.1, 0.15) is 0 Å². The first kappa shape index (κ1) is 12.2. The molecule has 84 valence electrons. The van der Waals surface area contributed by atoms with Crippen LogP contribution in [0.3, 0.4) is 0 Å². The molecule has 0 spiro atoms. The van der Waals surface area contributed by atoms with Crippen LogP contribution in [0.5, 0.6) is 0 Å². The average Bonchev–Trinajstić information content (AvgIpc) is 2.27. The van der Waals surface area contributed by atoms with Crippen molar-refractivity contribution in [2.45, 2.75) is 25.5 Å². The van der Waals surface area contributed by atoms with E-state index in [1.165, 1.54) is 5.56 Å². The normalized spacial score (nSPS) is 14.9. The van der Waals surface area contributed by atoms with Crippen LogP contribution in [0.2, 0.25) is 0 Å². The van der Waals surface area contributed by atoms with Crippen molar-refractivity contribution in [1.82, 2.24) is 5.32 Å². The number of hydrogen-bond donors (Lipinski definition) is 3. The lowest BCUT2D eigenvalue weighted by molar-refractivity contribution is 0.0924. The van der Waals surface area contributed by atoms with E-state index in [9.17, 15) is 0 Å². The van der Waals surface area contributed by atoms with E-state index in [0.717, 1.165) is 6.42 Å². The van der Waals surface area contributed by atoms with Gasteiger partial charge in [0, 0.05) is 12.6 Å². The fourth-order valence-corrected chi connectivity index (χ4v) is 1.44. The van der Waals surface area contributed by atoms with Gasteiger partial charge in [-0.1, -0.05) is 30.3 Å². The van der Waals surface area contributed by atoms with Crippen molar-refractivity contribution in [2.24, 2.45) is 0 Å². The zero-order valence-corrected chi connectivity index (χ0v) is 9.06. The fourth-order valence-electron chi connectivity index (χ4n) is 1.44. The van der Waals surface area contributed by atoms with Crippen LogP contribution in [0.25, 0.3) is 0 Å². The lowest BCUT2D eigenvalue weighted by atomic mass is 10.1. The molecule has 0 bridgehead atoms. The highest BCUT2D eigenvalue weighted by Crippen LogP contribution is 2.02. The molecular weight excluding hydrogens is 190 g/mol. The fraction of sp³-hybridized carbons (Fsp3) is 0.500. The van der Waals surface area contributed by atoms with Gasteiger partial charge in [-0.25, -0.2) is 0 Å². The molecule has 0 aliphatic heterocycles. The standard InChI is InChI=1S/C12H19NO2/c1-10(13-8-12(15)9-14)7-11-5-3-2-4-6-11/h2-6,10,12-15H,7-9H2,1H3/t10-,12+/m0/s1.